The lowest BCUT2D eigenvalue weighted by Gasteiger charge is -2.32. The summed E-state index contributed by atoms with van der Waals surface area (Å²) in [5, 5.41) is 21.2. The van der Waals surface area contributed by atoms with Gasteiger partial charge in [-0.05, 0) is 37.7 Å². The average Bonchev–Trinajstić information content (AvgIpc) is 3.57. The number of amides is 1. The number of rotatable bonds is 6. The highest BCUT2D eigenvalue weighted by Crippen LogP contribution is 2.36. The van der Waals surface area contributed by atoms with E-state index >= 15 is 0 Å². The van der Waals surface area contributed by atoms with Crippen LogP contribution in [0, 0.1) is 5.92 Å². The third-order valence-corrected chi connectivity index (χ3v) is 7.29. The molecule has 3 atom stereocenters. The van der Waals surface area contributed by atoms with E-state index in [0.717, 1.165) is 24.8 Å². The van der Waals surface area contributed by atoms with Gasteiger partial charge in [-0.1, -0.05) is 36.8 Å². The Labute approximate surface area is 204 Å². The maximum atomic E-state index is 12.7. The van der Waals surface area contributed by atoms with E-state index in [1.54, 1.807) is 6.20 Å². The topological polar surface area (TPSA) is 134 Å². The van der Waals surface area contributed by atoms with Crippen LogP contribution in [0.25, 0.3) is 22.6 Å². The highest BCUT2D eigenvalue weighted by atomic mass is 35.5. The molecule has 5 rings (SSSR count). The Kier molecular flexibility index (Phi) is 6.32. The van der Waals surface area contributed by atoms with Crippen molar-refractivity contribution in [1.82, 2.24) is 40.0 Å². The monoisotopic (exact) mass is 500 g/mol. The first kappa shape index (κ1) is 22.9. The molecule has 1 aliphatic rings. The molecule has 0 aromatic carbocycles. The Bertz CT molecular complexity index is 1300. The van der Waals surface area contributed by atoms with E-state index in [-0.39, 0.29) is 23.9 Å². The van der Waals surface area contributed by atoms with Gasteiger partial charge in [-0.2, -0.15) is 5.10 Å². The first-order valence-corrected chi connectivity index (χ1v) is 12.4. The van der Waals surface area contributed by atoms with Gasteiger partial charge < -0.3 is 15.0 Å². The molecule has 1 fully saturated rings. The van der Waals surface area contributed by atoms with E-state index in [1.807, 2.05) is 19.9 Å². The summed E-state index contributed by atoms with van der Waals surface area (Å²) in [6.45, 7) is 3.94. The Morgan fingerprint density at radius 2 is 2.15 bits per heavy atom. The summed E-state index contributed by atoms with van der Waals surface area (Å²) < 4.78 is 2.61. The van der Waals surface area contributed by atoms with Crippen LogP contribution in [0.2, 0.25) is 4.34 Å². The van der Waals surface area contributed by atoms with Crippen LogP contribution in [0.4, 0.5) is 0 Å². The fraction of sp³-hybridized carbons (Fsp3) is 0.455. The average molecular weight is 501 g/mol. The van der Waals surface area contributed by atoms with Crippen molar-refractivity contribution >= 4 is 39.9 Å². The summed E-state index contributed by atoms with van der Waals surface area (Å²) >= 11 is 7.11. The van der Waals surface area contributed by atoms with Crippen molar-refractivity contribution in [2.24, 2.45) is 5.92 Å². The normalized spacial score (nSPS) is 19.6. The molecule has 0 bridgehead atoms. The molecule has 4 aromatic heterocycles. The van der Waals surface area contributed by atoms with E-state index < -0.39 is 6.10 Å². The number of imidazole rings is 1. The lowest BCUT2D eigenvalue weighted by molar-refractivity contribution is 0.0912. The van der Waals surface area contributed by atoms with E-state index in [2.05, 4.69) is 35.0 Å². The van der Waals surface area contributed by atoms with Gasteiger partial charge in [0.1, 0.15) is 33.8 Å². The number of aliphatic hydroxyl groups is 1. The van der Waals surface area contributed by atoms with Crippen molar-refractivity contribution < 1.29 is 9.90 Å². The number of thiazole rings is 1. The van der Waals surface area contributed by atoms with Crippen LogP contribution in [0.1, 0.15) is 67.3 Å². The Hall–Kier alpha value is -2.89. The number of aliphatic hydroxyl groups excluding tert-OH is 1. The number of carbonyl (C=O) groups is 1. The van der Waals surface area contributed by atoms with Crippen molar-refractivity contribution in [3.05, 3.63) is 40.0 Å². The zero-order chi connectivity index (χ0) is 23.8. The summed E-state index contributed by atoms with van der Waals surface area (Å²) in [4.78, 5) is 30.2. The SMILES string of the molecule is CC(C)C(O)c1nc2cnc(-c3ncn[nH]3)cc2n1C1CCCC(NC(=O)c2ncc(Cl)s2)C1. The molecular weight excluding hydrogens is 476 g/mol. The van der Waals surface area contributed by atoms with Crippen LogP contribution in [0.5, 0.6) is 0 Å². The molecule has 10 nitrogen and oxygen atoms in total. The summed E-state index contributed by atoms with van der Waals surface area (Å²) in [7, 11) is 0. The third kappa shape index (κ3) is 4.42. The number of nitrogens with zero attached hydrogens (tertiary/aromatic N) is 6. The fourth-order valence-corrected chi connectivity index (χ4v) is 5.32. The van der Waals surface area contributed by atoms with Crippen molar-refractivity contribution in [1.29, 1.82) is 0 Å². The minimum atomic E-state index is -0.728. The lowest BCUT2D eigenvalue weighted by Crippen LogP contribution is -2.39. The number of H-pyrrole nitrogens is 1. The van der Waals surface area contributed by atoms with Crippen LogP contribution in [-0.2, 0) is 0 Å². The molecule has 178 valence electrons. The van der Waals surface area contributed by atoms with Crippen LogP contribution in [-0.4, -0.2) is 51.8 Å². The number of fused-ring (bicyclic) bond motifs is 1. The van der Waals surface area contributed by atoms with Crippen LogP contribution in [0.15, 0.2) is 24.8 Å². The summed E-state index contributed by atoms with van der Waals surface area (Å²) in [6.07, 6.45) is 7.35. The Morgan fingerprint density at radius 3 is 2.85 bits per heavy atom. The van der Waals surface area contributed by atoms with Crippen LogP contribution >= 0.6 is 22.9 Å². The summed E-state index contributed by atoms with van der Waals surface area (Å²) in [5.74, 6) is 0.963. The van der Waals surface area contributed by atoms with Gasteiger partial charge in [0, 0.05) is 12.1 Å². The third-order valence-electron chi connectivity index (χ3n) is 6.18. The second-order valence-corrected chi connectivity index (χ2v) is 10.5. The van der Waals surface area contributed by atoms with Crippen molar-refractivity contribution in [3.8, 4) is 11.5 Å². The van der Waals surface area contributed by atoms with Crippen molar-refractivity contribution in [2.45, 2.75) is 57.7 Å². The molecule has 1 aliphatic carbocycles. The first-order chi connectivity index (χ1) is 16.4. The van der Waals surface area contributed by atoms with E-state index in [1.165, 1.54) is 23.9 Å². The molecular formula is C22H25ClN8O2S. The van der Waals surface area contributed by atoms with Crippen molar-refractivity contribution in [2.75, 3.05) is 0 Å². The molecule has 3 unspecified atom stereocenters. The molecule has 4 heterocycles. The number of nitrogens with one attached hydrogen (secondary N) is 2. The maximum Gasteiger partial charge on any atom is 0.280 e. The Morgan fingerprint density at radius 1 is 1.29 bits per heavy atom. The summed E-state index contributed by atoms with van der Waals surface area (Å²) in [6, 6.07) is 1.96. The molecule has 0 spiro atoms. The second-order valence-electron chi connectivity index (χ2n) is 8.88. The van der Waals surface area contributed by atoms with Gasteiger partial charge in [0.25, 0.3) is 5.91 Å². The number of hydrogen-bond donors (Lipinski definition) is 3. The minimum absolute atomic E-state index is 0.00833. The van der Waals surface area contributed by atoms with Crippen LogP contribution in [0.3, 0.4) is 0 Å². The largest absolute Gasteiger partial charge is 0.385 e. The lowest BCUT2D eigenvalue weighted by atomic mass is 9.90. The van der Waals surface area contributed by atoms with E-state index in [0.29, 0.717) is 38.6 Å². The predicted molar refractivity (Wildman–Crippen MR) is 129 cm³/mol. The number of hydrogen-bond acceptors (Lipinski definition) is 8. The molecule has 0 saturated heterocycles. The molecule has 0 radical (unpaired) electrons. The maximum absolute atomic E-state index is 12.7. The van der Waals surface area contributed by atoms with Gasteiger partial charge in [-0.15, -0.1) is 0 Å². The number of aromatic nitrogens is 7. The number of carbonyl (C=O) groups excluding carboxylic acids is 1. The van der Waals surface area contributed by atoms with E-state index in [9.17, 15) is 9.90 Å². The first-order valence-electron chi connectivity index (χ1n) is 11.2. The van der Waals surface area contributed by atoms with Gasteiger partial charge in [0.2, 0.25) is 0 Å². The summed E-state index contributed by atoms with van der Waals surface area (Å²) in [5.41, 5.74) is 2.24. The number of aromatic amines is 1. The minimum Gasteiger partial charge on any atom is -0.385 e. The Balaban J connectivity index is 1.49. The molecule has 1 saturated carbocycles. The zero-order valence-electron chi connectivity index (χ0n) is 18.8. The predicted octanol–water partition coefficient (Wildman–Crippen LogP) is 3.93. The quantitative estimate of drug-likeness (QED) is 0.365. The van der Waals surface area contributed by atoms with Crippen LogP contribution < -0.4 is 5.32 Å². The highest BCUT2D eigenvalue weighted by Gasteiger charge is 2.31. The zero-order valence-corrected chi connectivity index (χ0v) is 20.3. The van der Waals surface area contributed by atoms with Gasteiger partial charge in [0.05, 0.1) is 17.9 Å². The highest BCUT2D eigenvalue weighted by molar-refractivity contribution is 7.17. The van der Waals surface area contributed by atoms with E-state index in [4.69, 9.17) is 16.6 Å². The van der Waals surface area contributed by atoms with Gasteiger partial charge >= 0.3 is 0 Å². The number of halogens is 1. The standard InChI is InChI=1S/C22H25ClN8O2S/c1-11(2)18(32)20-29-15-8-24-14(19-26-10-27-30-19)7-16(15)31(20)13-5-3-4-12(6-13)28-21(33)22-25-9-17(23)34-22/h7-13,18,32H,3-6H2,1-2H3,(H,28,33)(H,26,27,30). The van der Waals surface area contributed by atoms with Gasteiger partial charge in [-0.3, -0.25) is 14.9 Å². The van der Waals surface area contributed by atoms with Gasteiger partial charge in [-0.25, -0.2) is 15.0 Å². The van der Waals surface area contributed by atoms with Crippen molar-refractivity contribution in [3.63, 3.8) is 0 Å². The molecule has 0 aliphatic heterocycles. The molecule has 1 amide bonds. The smallest absolute Gasteiger partial charge is 0.280 e. The van der Waals surface area contributed by atoms with Gasteiger partial charge in [0.15, 0.2) is 10.8 Å². The number of pyridine rings is 1. The fourth-order valence-electron chi connectivity index (χ4n) is 4.50. The molecule has 34 heavy (non-hydrogen) atoms. The molecule has 3 N–H and O–H groups in total. The molecule has 12 heteroatoms. The second kappa shape index (κ2) is 9.40. The molecule has 4 aromatic rings.